The summed E-state index contributed by atoms with van der Waals surface area (Å²) in [6, 6.07) is 8.57. The largest absolute Gasteiger partial charge is 0.368 e. The Labute approximate surface area is 129 Å². The van der Waals surface area contributed by atoms with E-state index in [9.17, 15) is 14.4 Å². The molecule has 0 fully saturated rings. The highest BCUT2D eigenvalue weighted by Gasteiger charge is 2.21. The van der Waals surface area contributed by atoms with Gasteiger partial charge in [0.05, 0.1) is 6.54 Å². The summed E-state index contributed by atoms with van der Waals surface area (Å²) in [5.41, 5.74) is 6.09. The molecule has 0 aliphatic rings. The first-order valence-electron chi connectivity index (χ1n) is 6.99. The van der Waals surface area contributed by atoms with Gasteiger partial charge in [-0.15, -0.1) is 0 Å². The minimum absolute atomic E-state index is 0.116. The van der Waals surface area contributed by atoms with Crippen molar-refractivity contribution in [2.24, 2.45) is 11.7 Å². The van der Waals surface area contributed by atoms with Crippen molar-refractivity contribution in [2.45, 2.75) is 19.9 Å². The maximum absolute atomic E-state index is 11.7. The van der Waals surface area contributed by atoms with Crippen LogP contribution < -0.4 is 16.4 Å². The molecule has 0 spiro atoms. The van der Waals surface area contributed by atoms with Crippen LogP contribution in [0, 0.1) is 5.92 Å². The summed E-state index contributed by atoms with van der Waals surface area (Å²) in [5, 5.41) is 4.94. The van der Waals surface area contributed by atoms with Crippen molar-refractivity contribution in [1.29, 1.82) is 0 Å². The highest BCUT2D eigenvalue weighted by Crippen LogP contribution is 2.01. The quantitative estimate of drug-likeness (QED) is 0.637. The second-order valence-electron chi connectivity index (χ2n) is 5.15. The number of carbonyl (C=O) groups is 3. The number of nitrogens with two attached hydrogens (primary N) is 1. The Hall–Kier alpha value is -2.63. The standard InChI is InChI=1S/C16H21N3O3/c1-11(2)15(16(17)22)19-14(21)10-18-13(20)9-8-12-6-4-3-5-7-12/h3-9,11,15H,10H2,1-2H3,(H2,17,22)(H,18,20)(H,19,21). The molecule has 0 saturated carbocycles. The number of nitrogens with one attached hydrogen (secondary N) is 2. The average molecular weight is 303 g/mol. The topological polar surface area (TPSA) is 101 Å². The molecule has 1 rings (SSSR count). The second kappa shape index (κ2) is 8.61. The Balaban J connectivity index is 2.42. The van der Waals surface area contributed by atoms with Crippen LogP contribution in [0.1, 0.15) is 19.4 Å². The molecule has 0 aromatic heterocycles. The van der Waals surface area contributed by atoms with Crippen molar-refractivity contribution in [1.82, 2.24) is 10.6 Å². The predicted molar refractivity (Wildman–Crippen MR) is 84.4 cm³/mol. The highest BCUT2D eigenvalue weighted by atomic mass is 16.2. The van der Waals surface area contributed by atoms with Gasteiger partial charge in [-0.2, -0.15) is 0 Å². The van der Waals surface area contributed by atoms with Crippen LogP contribution in [0.4, 0.5) is 0 Å². The molecule has 0 bridgehead atoms. The Bertz CT molecular complexity index is 553. The Kier molecular flexibility index (Phi) is 6.82. The molecular weight excluding hydrogens is 282 g/mol. The Morgan fingerprint density at radius 1 is 1.18 bits per heavy atom. The third-order valence-corrected chi connectivity index (χ3v) is 2.94. The lowest BCUT2D eigenvalue weighted by Crippen LogP contribution is -2.50. The predicted octanol–water partition coefficient (Wildman–Crippen LogP) is 0.442. The smallest absolute Gasteiger partial charge is 0.244 e. The summed E-state index contributed by atoms with van der Waals surface area (Å²) in [6.45, 7) is 3.34. The van der Waals surface area contributed by atoms with Crippen LogP contribution in [0.25, 0.3) is 6.08 Å². The van der Waals surface area contributed by atoms with Crippen molar-refractivity contribution < 1.29 is 14.4 Å². The zero-order valence-corrected chi connectivity index (χ0v) is 12.7. The van der Waals surface area contributed by atoms with Gasteiger partial charge in [0.25, 0.3) is 0 Å². The van der Waals surface area contributed by atoms with Crippen molar-refractivity contribution in [3.8, 4) is 0 Å². The van der Waals surface area contributed by atoms with Crippen molar-refractivity contribution in [3.63, 3.8) is 0 Å². The second-order valence-corrected chi connectivity index (χ2v) is 5.15. The molecule has 1 aromatic carbocycles. The molecule has 0 aliphatic heterocycles. The maximum atomic E-state index is 11.7. The first-order chi connectivity index (χ1) is 10.4. The number of rotatable bonds is 7. The first-order valence-corrected chi connectivity index (χ1v) is 6.99. The number of benzene rings is 1. The third-order valence-electron chi connectivity index (χ3n) is 2.94. The lowest BCUT2D eigenvalue weighted by Gasteiger charge is -2.18. The van der Waals surface area contributed by atoms with E-state index in [2.05, 4.69) is 10.6 Å². The monoisotopic (exact) mass is 303 g/mol. The van der Waals surface area contributed by atoms with E-state index in [0.717, 1.165) is 5.56 Å². The Morgan fingerprint density at radius 2 is 1.82 bits per heavy atom. The molecule has 1 aromatic rings. The van der Waals surface area contributed by atoms with Gasteiger partial charge in [-0.05, 0) is 17.6 Å². The van der Waals surface area contributed by atoms with Gasteiger partial charge in [0, 0.05) is 6.08 Å². The van der Waals surface area contributed by atoms with Gasteiger partial charge in [-0.25, -0.2) is 0 Å². The van der Waals surface area contributed by atoms with Crippen LogP contribution in [0.2, 0.25) is 0 Å². The number of amides is 3. The Morgan fingerprint density at radius 3 is 2.36 bits per heavy atom. The number of hydrogen-bond acceptors (Lipinski definition) is 3. The van der Waals surface area contributed by atoms with Crippen LogP contribution in [0.15, 0.2) is 36.4 Å². The summed E-state index contributed by atoms with van der Waals surface area (Å²) in [4.78, 5) is 34.5. The SMILES string of the molecule is CC(C)C(NC(=O)CNC(=O)C=Cc1ccccc1)C(N)=O. The van der Waals surface area contributed by atoms with E-state index in [4.69, 9.17) is 5.73 Å². The molecule has 3 amide bonds. The molecule has 6 heteroatoms. The van der Waals surface area contributed by atoms with E-state index in [1.165, 1.54) is 6.08 Å². The van der Waals surface area contributed by atoms with Gasteiger partial charge in [-0.1, -0.05) is 44.2 Å². The molecule has 0 aliphatic carbocycles. The van der Waals surface area contributed by atoms with Crippen molar-refractivity contribution >= 4 is 23.8 Å². The fourth-order valence-electron chi connectivity index (χ4n) is 1.75. The van der Waals surface area contributed by atoms with Crippen LogP contribution in [0.3, 0.4) is 0 Å². The van der Waals surface area contributed by atoms with Gasteiger partial charge in [0.15, 0.2) is 0 Å². The molecule has 0 saturated heterocycles. The van der Waals surface area contributed by atoms with Crippen LogP contribution >= 0.6 is 0 Å². The summed E-state index contributed by atoms with van der Waals surface area (Å²) in [5.74, 6) is -1.56. The molecule has 4 N–H and O–H groups in total. The van der Waals surface area contributed by atoms with Crippen LogP contribution in [0.5, 0.6) is 0 Å². The van der Waals surface area contributed by atoms with Gasteiger partial charge >= 0.3 is 0 Å². The fraction of sp³-hybridized carbons (Fsp3) is 0.312. The van der Waals surface area contributed by atoms with Crippen LogP contribution in [-0.4, -0.2) is 30.3 Å². The van der Waals surface area contributed by atoms with Gasteiger partial charge < -0.3 is 16.4 Å². The van der Waals surface area contributed by atoms with E-state index >= 15 is 0 Å². The summed E-state index contributed by atoms with van der Waals surface area (Å²) < 4.78 is 0. The number of hydrogen-bond donors (Lipinski definition) is 3. The van der Waals surface area contributed by atoms with Gasteiger partial charge in [0.2, 0.25) is 17.7 Å². The zero-order chi connectivity index (χ0) is 16.5. The molecule has 22 heavy (non-hydrogen) atoms. The van der Waals surface area contributed by atoms with Crippen LogP contribution in [-0.2, 0) is 14.4 Å². The summed E-state index contributed by atoms with van der Waals surface area (Å²) in [6.07, 6.45) is 2.99. The minimum atomic E-state index is -0.746. The minimum Gasteiger partial charge on any atom is -0.368 e. The molecule has 0 heterocycles. The number of primary amides is 1. The van der Waals surface area contributed by atoms with Crippen molar-refractivity contribution in [3.05, 3.63) is 42.0 Å². The van der Waals surface area contributed by atoms with E-state index in [0.29, 0.717) is 0 Å². The van der Waals surface area contributed by atoms with Gasteiger partial charge in [0.1, 0.15) is 6.04 Å². The van der Waals surface area contributed by atoms with Gasteiger partial charge in [-0.3, -0.25) is 14.4 Å². The third kappa shape index (κ3) is 6.21. The zero-order valence-electron chi connectivity index (χ0n) is 12.7. The fourth-order valence-corrected chi connectivity index (χ4v) is 1.75. The lowest BCUT2D eigenvalue weighted by molar-refractivity contribution is -0.128. The average Bonchev–Trinajstić information content (AvgIpc) is 2.49. The normalized spacial score (nSPS) is 12.1. The molecule has 1 unspecified atom stereocenters. The molecule has 0 radical (unpaired) electrons. The number of carbonyl (C=O) groups excluding carboxylic acids is 3. The first kappa shape index (κ1) is 17.4. The van der Waals surface area contributed by atoms with E-state index < -0.39 is 17.9 Å². The molecule has 118 valence electrons. The summed E-state index contributed by atoms with van der Waals surface area (Å²) >= 11 is 0. The van der Waals surface area contributed by atoms with Crippen molar-refractivity contribution in [2.75, 3.05) is 6.54 Å². The van der Waals surface area contributed by atoms with E-state index in [1.807, 2.05) is 30.3 Å². The highest BCUT2D eigenvalue weighted by molar-refractivity contribution is 5.95. The lowest BCUT2D eigenvalue weighted by atomic mass is 10.0. The maximum Gasteiger partial charge on any atom is 0.244 e. The van der Waals surface area contributed by atoms with E-state index in [1.54, 1.807) is 19.9 Å². The molecule has 1 atom stereocenters. The molecular formula is C16H21N3O3. The molecule has 6 nitrogen and oxygen atoms in total. The van der Waals surface area contributed by atoms with E-state index in [-0.39, 0.29) is 18.4 Å². The summed E-state index contributed by atoms with van der Waals surface area (Å²) in [7, 11) is 0.